The van der Waals surface area contributed by atoms with E-state index in [1.54, 1.807) is 12.1 Å². The Hall–Kier alpha value is -3.06. The van der Waals surface area contributed by atoms with Crippen LogP contribution in [0.1, 0.15) is 24.5 Å². The van der Waals surface area contributed by atoms with Gasteiger partial charge in [0.15, 0.2) is 0 Å². The van der Waals surface area contributed by atoms with Crippen molar-refractivity contribution in [1.29, 1.82) is 0 Å². The van der Waals surface area contributed by atoms with Crippen molar-refractivity contribution in [3.05, 3.63) is 58.0 Å². The first-order valence-corrected chi connectivity index (χ1v) is 8.13. The van der Waals surface area contributed by atoms with Crippen LogP contribution < -0.4 is 15.9 Å². The van der Waals surface area contributed by atoms with Crippen LogP contribution in [0.15, 0.2) is 30.5 Å². The summed E-state index contributed by atoms with van der Waals surface area (Å²) in [7, 11) is 0. The van der Waals surface area contributed by atoms with Gasteiger partial charge in [-0.3, -0.25) is 4.79 Å². The molecule has 0 spiro atoms. The minimum Gasteiger partial charge on any atom is -0.361 e. The maximum Gasteiger partial charge on any atom is 0.300 e. The Balaban J connectivity index is 2.13. The first kappa shape index (κ1) is 16.8. The molecule has 1 aliphatic rings. The first-order chi connectivity index (χ1) is 12.0. The molecule has 0 aliphatic heterocycles. The van der Waals surface area contributed by atoms with Crippen LogP contribution in [0.2, 0.25) is 0 Å². The van der Waals surface area contributed by atoms with Gasteiger partial charge in [0.1, 0.15) is 5.82 Å². The van der Waals surface area contributed by atoms with Crippen molar-refractivity contribution in [2.24, 2.45) is 5.92 Å². The number of hydrogen-bond donors (Lipinski definition) is 2. The van der Waals surface area contributed by atoms with Gasteiger partial charge in [0, 0.05) is 16.8 Å². The molecule has 126 valence electrons. The lowest BCUT2D eigenvalue weighted by atomic mass is 9.95. The third-order valence-corrected chi connectivity index (χ3v) is 4.30. The van der Waals surface area contributed by atoms with E-state index in [4.69, 9.17) is 6.42 Å². The van der Waals surface area contributed by atoms with E-state index in [2.05, 4.69) is 35.5 Å². The number of H-pyrrole nitrogens is 1. The molecule has 0 fully saturated rings. The lowest BCUT2D eigenvalue weighted by Crippen LogP contribution is -2.25. The zero-order valence-electron chi connectivity index (χ0n) is 14.2. The highest BCUT2D eigenvalue weighted by Crippen LogP contribution is 2.25. The topological polar surface area (TPSA) is 44.9 Å². The monoisotopic (exact) mass is 334 g/mol. The molecule has 0 saturated carbocycles. The fraction of sp³-hybridized carbons (Fsp3) is 0.190. The smallest absolute Gasteiger partial charge is 0.300 e. The molecule has 0 radical (unpaired) electrons. The number of aromatic nitrogens is 1. The summed E-state index contributed by atoms with van der Waals surface area (Å²) in [5, 5.41) is 4.62. The number of allylic oxidation sites excluding steroid dienone is 2. The Morgan fingerprint density at radius 2 is 2.24 bits per heavy atom. The van der Waals surface area contributed by atoms with Gasteiger partial charge in [0.05, 0.1) is 5.69 Å². The van der Waals surface area contributed by atoms with Crippen molar-refractivity contribution in [1.82, 2.24) is 4.98 Å². The van der Waals surface area contributed by atoms with E-state index in [0.29, 0.717) is 5.92 Å². The summed E-state index contributed by atoms with van der Waals surface area (Å²) in [6.45, 7) is 4.18. The summed E-state index contributed by atoms with van der Waals surface area (Å²) >= 11 is 0. The molecule has 0 saturated heterocycles. The van der Waals surface area contributed by atoms with Crippen molar-refractivity contribution in [2.75, 3.05) is 5.32 Å². The third-order valence-electron chi connectivity index (χ3n) is 4.30. The Morgan fingerprint density at radius 3 is 3.00 bits per heavy atom. The molecule has 1 unspecified atom stereocenters. The van der Waals surface area contributed by atoms with Crippen LogP contribution in [-0.4, -0.2) is 10.9 Å². The molecule has 4 heteroatoms. The number of anilines is 1. The lowest BCUT2D eigenvalue weighted by molar-refractivity contribution is -0.111. The number of carbonyl (C=O) groups is 1. The summed E-state index contributed by atoms with van der Waals surface area (Å²) in [4.78, 5) is 14.7. The van der Waals surface area contributed by atoms with Gasteiger partial charge in [0.25, 0.3) is 5.91 Å². The SMILES string of the molecule is C#CC(=O)Nc1cc(C2=C\C(C)C\C=c3/[nH]cc(C)/c3=C/2)ccc1F. The van der Waals surface area contributed by atoms with Gasteiger partial charge in [-0.15, -0.1) is 6.42 Å². The summed E-state index contributed by atoms with van der Waals surface area (Å²) in [6, 6.07) is 4.67. The molecular weight excluding hydrogens is 315 g/mol. The molecule has 1 atom stereocenters. The van der Waals surface area contributed by atoms with Crippen LogP contribution in [0, 0.1) is 31.0 Å². The number of rotatable bonds is 2. The highest BCUT2D eigenvalue weighted by atomic mass is 19.1. The van der Waals surface area contributed by atoms with E-state index < -0.39 is 11.7 Å². The van der Waals surface area contributed by atoms with Crippen molar-refractivity contribution < 1.29 is 9.18 Å². The molecular formula is C21H19FN2O. The number of carbonyl (C=O) groups excluding carboxylic acids is 1. The number of amides is 1. The number of nitrogens with one attached hydrogen (secondary N) is 2. The van der Waals surface area contributed by atoms with Crippen molar-refractivity contribution in [3.63, 3.8) is 0 Å². The molecule has 1 aromatic carbocycles. The highest BCUT2D eigenvalue weighted by Gasteiger charge is 2.11. The predicted molar refractivity (Wildman–Crippen MR) is 99.3 cm³/mol. The summed E-state index contributed by atoms with van der Waals surface area (Å²) < 4.78 is 14.0. The maximum absolute atomic E-state index is 14.0. The molecule has 1 amide bonds. The minimum atomic E-state index is -0.668. The molecule has 3 rings (SSSR count). The van der Waals surface area contributed by atoms with Gasteiger partial charge in [-0.2, -0.15) is 0 Å². The van der Waals surface area contributed by atoms with Crippen molar-refractivity contribution in [2.45, 2.75) is 20.3 Å². The Labute approximate surface area is 146 Å². The number of aromatic amines is 1. The van der Waals surface area contributed by atoms with Gasteiger partial charge in [0.2, 0.25) is 0 Å². The minimum absolute atomic E-state index is 0.0852. The van der Waals surface area contributed by atoms with E-state index in [9.17, 15) is 9.18 Å². The average molecular weight is 334 g/mol. The van der Waals surface area contributed by atoms with E-state index in [1.165, 1.54) is 6.07 Å². The second kappa shape index (κ2) is 6.82. The van der Waals surface area contributed by atoms with E-state index in [1.807, 2.05) is 19.0 Å². The summed E-state index contributed by atoms with van der Waals surface area (Å²) in [5.41, 5.74) is 3.05. The van der Waals surface area contributed by atoms with Crippen LogP contribution in [0.25, 0.3) is 17.7 Å². The zero-order valence-corrected chi connectivity index (χ0v) is 14.2. The normalized spacial score (nSPS) is 21.0. The maximum atomic E-state index is 14.0. The van der Waals surface area contributed by atoms with Crippen molar-refractivity contribution >= 4 is 29.3 Å². The largest absolute Gasteiger partial charge is 0.361 e. The van der Waals surface area contributed by atoms with Gasteiger partial charge >= 0.3 is 0 Å². The predicted octanol–water partition coefficient (Wildman–Crippen LogP) is 2.72. The summed E-state index contributed by atoms with van der Waals surface area (Å²) in [5.74, 6) is 1.08. The molecule has 2 aromatic rings. The molecule has 1 aromatic heterocycles. The Kier molecular flexibility index (Phi) is 4.58. The van der Waals surface area contributed by atoms with Crippen LogP contribution in [0.5, 0.6) is 0 Å². The molecule has 3 nitrogen and oxygen atoms in total. The molecule has 0 bridgehead atoms. The number of hydrogen-bond acceptors (Lipinski definition) is 1. The van der Waals surface area contributed by atoms with E-state index in [-0.39, 0.29) is 5.69 Å². The Morgan fingerprint density at radius 1 is 1.44 bits per heavy atom. The lowest BCUT2D eigenvalue weighted by Gasteiger charge is -2.12. The standard InChI is InChI=1S/C21H19FN2O/c1-4-21(25)24-20-11-15(6-7-18(20)22)16-9-13(2)5-8-19-17(10-16)14(3)12-23-19/h1,6-13,23H,5H2,2-3H3,(H,24,25)/b16-9+,17-10-,19-8-. The molecule has 1 aliphatic carbocycles. The van der Waals surface area contributed by atoms with Crippen molar-refractivity contribution in [3.8, 4) is 12.3 Å². The molecule has 2 N–H and O–H groups in total. The van der Waals surface area contributed by atoms with Gasteiger partial charge < -0.3 is 10.3 Å². The second-order valence-corrected chi connectivity index (χ2v) is 6.28. The van der Waals surface area contributed by atoms with Gasteiger partial charge in [-0.05, 0) is 60.1 Å². The summed E-state index contributed by atoms with van der Waals surface area (Å²) in [6.07, 6.45) is 14.4. The van der Waals surface area contributed by atoms with E-state index >= 15 is 0 Å². The highest BCUT2D eigenvalue weighted by molar-refractivity contribution is 6.04. The number of halogens is 1. The number of aryl methyl sites for hydroxylation is 1. The van der Waals surface area contributed by atoms with Crippen LogP contribution in [0.3, 0.4) is 0 Å². The fourth-order valence-corrected chi connectivity index (χ4v) is 2.93. The van der Waals surface area contributed by atoms with Gasteiger partial charge in [-0.25, -0.2) is 4.39 Å². The molecule has 25 heavy (non-hydrogen) atoms. The Bertz CT molecular complexity index is 1020. The number of benzene rings is 1. The third kappa shape index (κ3) is 3.56. The van der Waals surface area contributed by atoms with Crippen LogP contribution in [0.4, 0.5) is 10.1 Å². The molecule has 1 heterocycles. The van der Waals surface area contributed by atoms with Crippen LogP contribution >= 0.6 is 0 Å². The number of terminal acetylenes is 1. The first-order valence-electron chi connectivity index (χ1n) is 8.13. The van der Waals surface area contributed by atoms with Gasteiger partial charge in [-0.1, -0.05) is 25.1 Å². The second-order valence-electron chi connectivity index (χ2n) is 6.28. The number of fused-ring (bicyclic) bond motifs is 1. The quantitative estimate of drug-likeness (QED) is 0.815. The zero-order chi connectivity index (χ0) is 18.0. The fourth-order valence-electron chi connectivity index (χ4n) is 2.93. The van der Waals surface area contributed by atoms with Crippen LogP contribution in [-0.2, 0) is 4.79 Å². The van der Waals surface area contributed by atoms with E-state index in [0.717, 1.165) is 33.7 Å². The average Bonchev–Trinajstić information content (AvgIpc) is 2.92.